The van der Waals surface area contributed by atoms with Gasteiger partial charge >= 0.3 is 0 Å². The molecule has 0 radical (unpaired) electrons. The second-order valence-electron chi connectivity index (χ2n) is 2.82. The Morgan fingerprint density at radius 3 is 3.00 bits per heavy atom. The molecule has 0 aliphatic heterocycles. The van der Waals surface area contributed by atoms with E-state index in [2.05, 4.69) is 15.3 Å². The molecule has 14 heavy (non-hydrogen) atoms. The molecule has 0 aliphatic rings. The molecule has 2 aromatic heterocycles. The van der Waals surface area contributed by atoms with Crippen LogP contribution in [0.3, 0.4) is 0 Å². The Morgan fingerprint density at radius 1 is 1.50 bits per heavy atom. The van der Waals surface area contributed by atoms with Crippen molar-refractivity contribution in [2.75, 3.05) is 5.32 Å². The van der Waals surface area contributed by atoms with Crippen LogP contribution in [-0.2, 0) is 0 Å². The van der Waals surface area contributed by atoms with E-state index in [1.807, 2.05) is 12.3 Å². The lowest BCUT2D eigenvalue weighted by molar-refractivity contribution is 0.475. The van der Waals surface area contributed by atoms with Crippen LogP contribution >= 0.6 is 11.3 Å². The first-order valence-corrected chi connectivity index (χ1v) is 4.96. The van der Waals surface area contributed by atoms with Gasteiger partial charge in [0.25, 0.3) is 0 Å². The van der Waals surface area contributed by atoms with Crippen LogP contribution in [0.5, 0.6) is 5.75 Å². The Labute approximate surface area is 85.3 Å². The minimum Gasteiger partial charge on any atom is -0.508 e. The van der Waals surface area contributed by atoms with Gasteiger partial charge in [0.05, 0.1) is 5.69 Å². The minimum atomic E-state index is 0.191. The molecule has 5 heteroatoms. The molecule has 0 aliphatic carbocycles. The quantitative estimate of drug-likeness (QED) is 0.793. The molecule has 0 fully saturated rings. The summed E-state index contributed by atoms with van der Waals surface area (Å²) in [5, 5.41) is 14.9. The molecule has 0 unspecified atom stereocenters. The van der Waals surface area contributed by atoms with Crippen LogP contribution in [0.4, 0.5) is 10.9 Å². The summed E-state index contributed by atoms with van der Waals surface area (Å²) in [5.74, 6) is 0.787. The van der Waals surface area contributed by atoms with Gasteiger partial charge in [-0.05, 0) is 13.0 Å². The van der Waals surface area contributed by atoms with Gasteiger partial charge in [-0.2, -0.15) is 0 Å². The summed E-state index contributed by atoms with van der Waals surface area (Å²) in [6, 6.07) is 3.08. The molecule has 0 spiro atoms. The van der Waals surface area contributed by atoms with E-state index in [-0.39, 0.29) is 5.75 Å². The largest absolute Gasteiger partial charge is 0.508 e. The first-order chi connectivity index (χ1) is 6.74. The van der Waals surface area contributed by atoms with Crippen molar-refractivity contribution in [3.8, 4) is 5.75 Å². The summed E-state index contributed by atoms with van der Waals surface area (Å²) in [4.78, 5) is 8.26. The van der Waals surface area contributed by atoms with Crippen molar-refractivity contribution in [2.45, 2.75) is 6.92 Å². The Hall–Kier alpha value is -1.62. The molecule has 0 bridgehead atoms. The molecule has 2 heterocycles. The molecule has 0 aromatic carbocycles. The smallest absolute Gasteiger partial charge is 0.188 e. The number of hydrogen-bond donors (Lipinski definition) is 2. The van der Waals surface area contributed by atoms with Crippen LogP contribution in [0.1, 0.15) is 5.69 Å². The van der Waals surface area contributed by atoms with E-state index in [0.717, 1.165) is 10.8 Å². The van der Waals surface area contributed by atoms with E-state index < -0.39 is 0 Å². The maximum Gasteiger partial charge on any atom is 0.188 e. The zero-order chi connectivity index (χ0) is 9.97. The maximum absolute atomic E-state index is 9.20. The predicted octanol–water partition coefficient (Wildman–Crippen LogP) is 2.30. The fourth-order valence-corrected chi connectivity index (χ4v) is 1.70. The Bertz CT molecular complexity index is 441. The fraction of sp³-hybridized carbons (Fsp3) is 0.111. The molecule has 0 saturated heterocycles. The summed E-state index contributed by atoms with van der Waals surface area (Å²) in [6.45, 7) is 1.93. The zero-order valence-corrected chi connectivity index (χ0v) is 8.38. The lowest BCUT2D eigenvalue weighted by Gasteiger charge is -2.00. The predicted molar refractivity (Wildman–Crippen MR) is 56.0 cm³/mol. The summed E-state index contributed by atoms with van der Waals surface area (Å²) in [5.41, 5.74) is 0.970. The Morgan fingerprint density at radius 2 is 2.36 bits per heavy atom. The molecular weight excluding hydrogens is 198 g/mol. The van der Waals surface area contributed by atoms with Gasteiger partial charge in [-0.25, -0.2) is 9.97 Å². The van der Waals surface area contributed by atoms with Gasteiger partial charge < -0.3 is 10.4 Å². The fourth-order valence-electron chi connectivity index (χ4n) is 1.01. The third-order valence-corrected chi connectivity index (χ3v) is 2.47. The minimum absolute atomic E-state index is 0.191. The normalized spacial score (nSPS) is 10.1. The van der Waals surface area contributed by atoms with Gasteiger partial charge in [0, 0.05) is 17.6 Å². The molecule has 2 aromatic rings. The molecule has 4 nitrogen and oxygen atoms in total. The number of nitrogens with one attached hydrogen (secondary N) is 1. The molecule has 0 atom stereocenters. The van der Waals surface area contributed by atoms with Crippen molar-refractivity contribution in [2.24, 2.45) is 0 Å². The third-order valence-electron chi connectivity index (χ3n) is 1.60. The highest BCUT2D eigenvalue weighted by Gasteiger charge is 2.00. The summed E-state index contributed by atoms with van der Waals surface area (Å²) < 4.78 is 0. The maximum atomic E-state index is 9.20. The highest BCUT2D eigenvalue weighted by atomic mass is 32.1. The van der Waals surface area contributed by atoms with Gasteiger partial charge in [-0.1, -0.05) is 0 Å². The van der Waals surface area contributed by atoms with E-state index >= 15 is 0 Å². The number of aromatic hydroxyl groups is 1. The number of aromatic nitrogens is 2. The number of anilines is 2. The van der Waals surface area contributed by atoms with E-state index in [9.17, 15) is 5.11 Å². The van der Waals surface area contributed by atoms with E-state index in [1.54, 1.807) is 6.07 Å². The topological polar surface area (TPSA) is 58.0 Å². The highest BCUT2D eigenvalue weighted by molar-refractivity contribution is 7.13. The van der Waals surface area contributed by atoms with E-state index in [1.165, 1.54) is 23.6 Å². The van der Waals surface area contributed by atoms with Gasteiger partial charge in [0.15, 0.2) is 5.13 Å². The van der Waals surface area contributed by atoms with Crippen molar-refractivity contribution < 1.29 is 5.11 Å². The van der Waals surface area contributed by atoms with Crippen molar-refractivity contribution in [1.82, 2.24) is 9.97 Å². The molecule has 0 saturated carbocycles. The van der Waals surface area contributed by atoms with Crippen LogP contribution in [0.15, 0.2) is 23.7 Å². The van der Waals surface area contributed by atoms with Gasteiger partial charge in [-0.15, -0.1) is 11.3 Å². The zero-order valence-electron chi connectivity index (χ0n) is 7.56. The summed E-state index contributed by atoms with van der Waals surface area (Å²) in [7, 11) is 0. The number of hydrogen-bond acceptors (Lipinski definition) is 5. The third kappa shape index (κ3) is 2.00. The first-order valence-electron chi connectivity index (χ1n) is 4.08. The van der Waals surface area contributed by atoms with Crippen LogP contribution < -0.4 is 5.32 Å². The average Bonchev–Trinajstić information content (AvgIpc) is 2.51. The second-order valence-corrected chi connectivity index (χ2v) is 3.68. The van der Waals surface area contributed by atoms with Crippen LogP contribution in [0, 0.1) is 6.92 Å². The Kier molecular flexibility index (Phi) is 2.32. The van der Waals surface area contributed by atoms with Gasteiger partial charge in [0.1, 0.15) is 11.6 Å². The monoisotopic (exact) mass is 207 g/mol. The van der Waals surface area contributed by atoms with E-state index in [0.29, 0.717) is 5.82 Å². The number of aryl methyl sites for hydroxylation is 1. The number of thiazole rings is 1. The first kappa shape index (κ1) is 8.96. The second kappa shape index (κ2) is 3.63. The van der Waals surface area contributed by atoms with Crippen molar-refractivity contribution in [3.05, 3.63) is 29.4 Å². The molecule has 2 N–H and O–H groups in total. The van der Waals surface area contributed by atoms with Crippen molar-refractivity contribution >= 4 is 22.3 Å². The highest BCUT2D eigenvalue weighted by Crippen LogP contribution is 2.20. The van der Waals surface area contributed by atoms with E-state index in [4.69, 9.17) is 0 Å². The number of nitrogens with zero attached hydrogens (tertiary/aromatic N) is 2. The lowest BCUT2D eigenvalue weighted by atomic mass is 10.4. The molecule has 72 valence electrons. The molecular formula is C9H9N3OS. The van der Waals surface area contributed by atoms with Crippen LogP contribution in [0.25, 0.3) is 0 Å². The lowest BCUT2D eigenvalue weighted by Crippen LogP contribution is -1.91. The van der Waals surface area contributed by atoms with Crippen molar-refractivity contribution in [1.29, 1.82) is 0 Å². The number of pyridine rings is 1. The van der Waals surface area contributed by atoms with Gasteiger partial charge in [0.2, 0.25) is 0 Å². The van der Waals surface area contributed by atoms with Crippen molar-refractivity contribution in [3.63, 3.8) is 0 Å². The standard InChI is InChI=1S/C9H9N3OS/c1-6-5-14-9(11-6)12-8-4-7(13)2-3-10-8/h2-5H,1H3,(H2,10,11,12,13). The SMILES string of the molecule is Cc1csc(Nc2cc(O)ccn2)n1. The number of rotatable bonds is 2. The Balaban J connectivity index is 2.18. The molecule has 0 amide bonds. The summed E-state index contributed by atoms with van der Waals surface area (Å²) in [6.07, 6.45) is 1.54. The van der Waals surface area contributed by atoms with Gasteiger partial charge in [-0.3, -0.25) is 0 Å². The summed E-state index contributed by atoms with van der Waals surface area (Å²) >= 11 is 1.51. The van der Waals surface area contributed by atoms with Crippen LogP contribution in [0.2, 0.25) is 0 Å². The average molecular weight is 207 g/mol. The molecule has 2 rings (SSSR count). The van der Waals surface area contributed by atoms with Crippen LogP contribution in [-0.4, -0.2) is 15.1 Å².